The van der Waals surface area contributed by atoms with Crippen molar-refractivity contribution in [3.8, 4) is 11.5 Å². The van der Waals surface area contributed by atoms with Crippen LogP contribution in [0.4, 0.5) is 0 Å². The van der Waals surface area contributed by atoms with Gasteiger partial charge in [-0.1, -0.05) is 35.9 Å². The van der Waals surface area contributed by atoms with E-state index in [1.54, 1.807) is 0 Å². The fraction of sp³-hybridized carbons (Fsp3) is 0.345. The van der Waals surface area contributed by atoms with Crippen molar-refractivity contribution < 1.29 is 14.6 Å². The molecule has 35 heavy (non-hydrogen) atoms. The molecular formula is C29H31ClN2O3. The van der Waals surface area contributed by atoms with E-state index in [2.05, 4.69) is 28.1 Å². The molecule has 0 atom stereocenters. The summed E-state index contributed by atoms with van der Waals surface area (Å²) in [5, 5.41) is 11.9. The summed E-state index contributed by atoms with van der Waals surface area (Å²) in [5.74, 6) is 1.69. The number of likely N-dealkylation sites (tertiary alicyclic amines) is 1. The van der Waals surface area contributed by atoms with E-state index in [0.29, 0.717) is 31.1 Å². The zero-order valence-electron chi connectivity index (χ0n) is 20.0. The summed E-state index contributed by atoms with van der Waals surface area (Å²) >= 11 is 6.02. The number of hydrogen-bond donors (Lipinski definition) is 1. The van der Waals surface area contributed by atoms with E-state index < -0.39 is 5.60 Å². The number of aromatic nitrogens is 1. The summed E-state index contributed by atoms with van der Waals surface area (Å²) in [7, 11) is 0. The van der Waals surface area contributed by atoms with Gasteiger partial charge in [0.05, 0.1) is 17.9 Å². The first kappa shape index (κ1) is 23.9. The molecule has 0 unspecified atom stereocenters. The monoisotopic (exact) mass is 490 g/mol. The normalized spacial score (nSPS) is 18.3. The van der Waals surface area contributed by atoms with E-state index in [9.17, 15) is 5.11 Å². The number of fused-ring (bicyclic) bond motifs is 2. The summed E-state index contributed by atoms with van der Waals surface area (Å²) in [4.78, 5) is 7.00. The second-order valence-electron chi connectivity index (χ2n) is 9.16. The Morgan fingerprint density at radius 1 is 1.11 bits per heavy atom. The van der Waals surface area contributed by atoms with Crippen LogP contribution < -0.4 is 9.47 Å². The average molecular weight is 491 g/mol. The molecule has 1 aromatic heterocycles. The molecule has 1 saturated heterocycles. The van der Waals surface area contributed by atoms with Gasteiger partial charge in [0.25, 0.3) is 0 Å². The molecule has 0 radical (unpaired) electrons. The molecule has 5 rings (SSSR count). The van der Waals surface area contributed by atoms with E-state index >= 15 is 0 Å². The van der Waals surface area contributed by atoms with Crippen molar-refractivity contribution in [3.05, 3.63) is 94.3 Å². The predicted octanol–water partition coefficient (Wildman–Crippen LogP) is 5.83. The summed E-state index contributed by atoms with van der Waals surface area (Å²) < 4.78 is 11.9. The quantitative estimate of drug-likeness (QED) is 0.471. The third-order valence-corrected chi connectivity index (χ3v) is 7.21. The van der Waals surface area contributed by atoms with E-state index in [-0.39, 0.29) is 0 Å². The smallest absolute Gasteiger partial charge is 0.131 e. The number of hydrogen-bond acceptors (Lipinski definition) is 5. The maximum Gasteiger partial charge on any atom is 0.131 e. The van der Waals surface area contributed by atoms with Crippen molar-refractivity contribution in [2.24, 2.45) is 0 Å². The Balaban J connectivity index is 1.32. The molecule has 0 aliphatic carbocycles. The highest BCUT2D eigenvalue weighted by molar-refractivity contribution is 6.30. The van der Waals surface area contributed by atoms with E-state index in [1.165, 1.54) is 0 Å². The zero-order valence-corrected chi connectivity index (χ0v) is 20.8. The van der Waals surface area contributed by atoms with Gasteiger partial charge in [0.1, 0.15) is 18.1 Å². The van der Waals surface area contributed by atoms with Gasteiger partial charge < -0.3 is 19.5 Å². The van der Waals surface area contributed by atoms with Crippen LogP contribution in [-0.2, 0) is 12.2 Å². The zero-order chi connectivity index (χ0) is 24.3. The second-order valence-corrected chi connectivity index (χ2v) is 9.60. The summed E-state index contributed by atoms with van der Waals surface area (Å²) in [5.41, 5.74) is 4.40. The number of aliphatic hydroxyl groups is 1. The lowest BCUT2D eigenvalue weighted by atomic mass is 9.84. The maximum atomic E-state index is 11.2. The molecule has 0 spiro atoms. The minimum Gasteiger partial charge on any atom is -0.494 e. The first-order valence-corrected chi connectivity index (χ1v) is 12.7. The van der Waals surface area contributed by atoms with Crippen molar-refractivity contribution >= 4 is 17.2 Å². The van der Waals surface area contributed by atoms with Crippen molar-refractivity contribution in [3.63, 3.8) is 0 Å². The van der Waals surface area contributed by atoms with E-state index in [0.717, 1.165) is 65.5 Å². The van der Waals surface area contributed by atoms with E-state index in [4.69, 9.17) is 21.1 Å². The molecular weight excluding hydrogens is 460 g/mol. The fourth-order valence-electron chi connectivity index (χ4n) is 5.00. The van der Waals surface area contributed by atoms with Crippen LogP contribution in [0.3, 0.4) is 0 Å². The van der Waals surface area contributed by atoms with Crippen LogP contribution in [-0.4, -0.2) is 41.2 Å². The molecule has 3 heterocycles. The third kappa shape index (κ3) is 5.22. The van der Waals surface area contributed by atoms with Gasteiger partial charge in [0.15, 0.2) is 0 Å². The van der Waals surface area contributed by atoms with Gasteiger partial charge >= 0.3 is 0 Å². The van der Waals surface area contributed by atoms with Gasteiger partial charge in [-0.25, -0.2) is 0 Å². The first-order chi connectivity index (χ1) is 17.1. The van der Waals surface area contributed by atoms with Crippen molar-refractivity contribution in [2.45, 2.75) is 38.4 Å². The van der Waals surface area contributed by atoms with Crippen molar-refractivity contribution in [2.75, 3.05) is 26.2 Å². The van der Waals surface area contributed by atoms with Gasteiger partial charge in [-0.05, 0) is 73.7 Å². The highest BCUT2D eigenvalue weighted by Crippen LogP contribution is 2.39. The Kier molecular flexibility index (Phi) is 7.09. The number of nitrogens with zero attached hydrogens (tertiary/aromatic N) is 2. The first-order valence-electron chi connectivity index (χ1n) is 12.3. The van der Waals surface area contributed by atoms with Gasteiger partial charge in [-0.15, -0.1) is 0 Å². The Morgan fingerprint density at radius 2 is 1.91 bits per heavy atom. The molecule has 0 saturated carbocycles. The molecule has 3 aromatic rings. The lowest BCUT2D eigenvalue weighted by Crippen LogP contribution is -2.42. The number of pyridine rings is 1. The minimum absolute atomic E-state index is 0.448. The van der Waals surface area contributed by atoms with Crippen molar-refractivity contribution in [1.82, 2.24) is 9.88 Å². The molecule has 0 amide bonds. The molecule has 2 aliphatic rings. The third-order valence-electron chi connectivity index (χ3n) is 6.96. The van der Waals surface area contributed by atoms with Crippen LogP contribution in [0.15, 0.2) is 66.9 Å². The number of benzene rings is 2. The van der Waals surface area contributed by atoms with Gasteiger partial charge in [0, 0.05) is 42.0 Å². The van der Waals surface area contributed by atoms with Crippen LogP contribution in [0.25, 0.3) is 5.57 Å². The lowest BCUT2D eigenvalue weighted by Gasteiger charge is -2.38. The largest absolute Gasteiger partial charge is 0.494 e. The highest BCUT2D eigenvalue weighted by atomic mass is 35.5. The molecule has 0 bridgehead atoms. The molecule has 6 heteroatoms. The predicted molar refractivity (Wildman–Crippen MR) is 139 cm³/mol. The standard InChI is InChI=1S/C29H31ClN2O3/c1-2-34-23-11-12-28-26(19-23)24(25-5-3-15-31-27(25)20-35-28)6-4-16-32-17-13-29(33,14-18-32)21-7-9-22(30)10-8-21/h3,5-12,15,19,33H,2,4,13-14,16-18,20H2,1H3/b24-6+. The number of halogens is 1. The Labute approximate surface area is 212 Å². The molecule has 2 aromatic carbocycles. The summed E-state index contributed by atoms with van der Waals surface area (Å²) in [6.07, 6.45) is 6.43. The molecule has 2 aliphatic heterocycles. The van der Waals surface area contributed by atoms with Crippen molar-refractivity contribution in [1.29, 1.82) is 0 Å². The number of ether oxygens (including phenoxy) is 2. The van der Waals surface area contributed by atoms with Crippen LogP contribution in [0.5, 0.6) is 11.5 Å². The van der Waals surface area contributed by atoms with Gasteiger partial charge in [0.2, 0.25) is 0 Å². The molecule has 1 N–H and O–H groups in total. The SMILES string of the molecule is CCOc1ccc2c(c1)/C(=C/CCN1CCC(O)(c3ccc(Cl)cc3)CC1)c1cccnc1CO2. The average Bonchev–Trinajstić information content (AvgIpc) is 3.03. The Morgan fingerprint density at radius 3 is 2.69 bits per heavy atom. The lowest BCUT2D eigenvalue weighted by molar-refractivity contribution is -0.0254. The number of piperidine rings is 1. The van der Waals surface area contributed by atoms with Crippen LogP contribution >= 0.6 is 11.6 Å². The van der Waals surface area contributed by atoms with Gasteiger partial charge in [-0.3, -0.25) is 4.98 Å². The summed E-state index contributed by atoms with van der Waals surface area (Å²) in [6.45, 7) is 5.70. The maximum absolute atomic E-state index is 11.2. The van der Waals surface area contributed by atoms with Crippen LogP contribution in [0, 0.1) is 0 Å². The Hall–Kier alpha value is -2.86. The highest BCUT2D eigenvalue weighted by Gasteiger charge is 2.33. The van der Waals surface area contributed by atoms with Gasteiger partial charge in [-0.2, -0.15) is 0 Å². The van der Waals surface area contributed by atoms with Crippen LogP contribution in [0.1, 0.15) is 48.6 Å². The summed E-state index contributed by atoms with van der Waals surface area (Å²) in [6, 6.07) is 17.7. The fourth-order valence-corrected chi connectivity index (χ4v) is 5.12. The number of rotatable bonds is 6. The molecule has 182 valence electrons. The minimum atomic E-state index is -0.780. The van der Waals surface area contributed by atoms with E-state index in [1.807, 2.05) is 55.6 Å². The molecule has 5 nitrogen and oxygen atoms in total. The Bertz CT molecular complexity index is 1200. The van der Waals surface area contributed by atoms with Crippen LogP contribution in [0.2, 0.25) is 5.02 Å². The molecule has 1 fully saturated rings. The second kappa shape index (κ2) is 10.4. The topological polar surface area (TPSA) is 54.8 Å².